The molecule has 3 aromatic rings. The molecule has 2 aliphatic rings. The number of hydrogen-bond acceptors (Lipinski definition) is 25. The van der Waals surface area contributed by atoms with Gasteiger partial charge in [-0.15, -0.1) is 17.9 Å². The van der Waals surface area contributed by atoms with Crippen molar-refractivity contribution in [1.82, 2.24) is 62.6 Å². The summed E-state index contributed by atoms with van der Waals surface area (Å²) in [6, 6.07) is 3.16. The summed E-state index contributed by atoms with van der Waals surface area (Å²) in [5.74, 6) is -5.79. The number of nitrogens with zero attached hydrogens (tertiary/aromatic N) is 3. The van der Waals surface area contributed by atoms with Crippen LogP contribution in [0.4, 0.5) is 34.9 Å². The number of benzene rings is 2. The first-order valence-electron chi connectivity index (χ1n) is 46.7. The van der Waals surface area contributed by atoms with E-state index in [4.69, 9.17) is 49.6 Å². The van der Waals surface area contributed by atoms with Crippen molar-refractivity contribution in [3.05, 3.63) is 88.1 Å². The van der Waals surface area contributed by atoms with Crippen LogP contribution in [0.5, 0.6) is 0 Å². The number of unbranched alkanes of at least 4 members (excludes halogenated alkanes) is 4. The van der Waals surface area contributed by atoms with Gasteiger partial charge in [0, 0.05) is 75.1 Å². The number of carboxylic acids is 2. The fourth-order valence-corrected chi connectivity index (χ4v) is 16.5. The molecule has 0 radical (unpaired) electrons. The predicted octanol–water partition coefficient (Wildman–Crippen LogP) is 9.59. The number of piperidine rings is 1. The maximum Gasteiger partial charge on any atom is 0.407 e. The van der Waals surface area contributed by atoms with Crippen LogP contribution in [0.1, 0.15) is 230 Å². The van der Waals surface area contributed by atoms with E-state index in [1.807, 2.05) is 45.7 Å². The number of rotatable bonds is 67. The molecule has 13 atom stereocenters. The zero-order valence-corrected chi connectivity index (χ0v) is 79.9. The van der Waals surface area contributed by atoms with Gasteiger partial charge in [0.1, 0.15) is 41.4 Å². The van der Waals surface area contributed by atoms with Crippen molar-refractivity contribution in [1.29, 1.82) is 0 Å². The van der Waals surface area contributed by atoms with Crippen LogP contribution in [0.2, 0.25) is 0 Å². The Morgan fingerprint density at radius 2 is 1.34 bits per heavy atom. The Balaban J connectivity index is 1.15. The van der Waals surface area contributed by atoms with Crippen molar-refractivity contribution in [3.8, 4) is 0 Å². The van der Waals surface area contributed by atoms with Gasteiger partial charge in [0.15, 0.2) is 6.10 Å². The van der Waals surface area contributed by atoms with Crippen molar-refractivity contribution in [3.63, 3.8) is 0 Å². The maximum absolute atomic E-state index is 15.4. The van der Waals surface area contributed by atoms with Gasteiger partial charge in [0.25, 0.3) is 5.91 Å². The van der Waals surface area contributed by atoms with Crippen molar-refractivity contribution >= 4 is 94.4 Å². The van der Waals surface area contributed by atoms with E-state index in [1.165, 1.54) is 49.9 Å². The quantitative estimate of drug-likeness (QED) is 0.00821. The number of urea groups is 1. The summed E-state index contributed by atoms with van der Waals surface area (Å²) in [5.41, 5.74) is 10.8. The first-order valence-corrected chi connectivity index (χ1v) is 47.6. The molecular formula is C93H150FN15O22S. The molecule has 132 heavy (non-hydrogen) atoms. The molecule has 11 amide bonds. The van der Waals surface area contributed by atoms with Gasteiger partial charge in [-0.2, -0.15) is 0 Å². The molecule has 2 heterocycles. The number of carbonyl (C=O) groups excluding carboxylic acids is 10. The van der Waals surface area contributed by atoms with Gasteiger partial charge < -0.3 is 113 Å². The number of likely N-dealkylation sites (N-methyl/N-ethyl adjacent to an activating group) is 1. The number of hydrogen-bond donors (Lipinski definition) is 15. The number of aliphatic carboxylic acids is 2. The molecule has 1 aromatic heterocycles. The van der Waals surface area contributed by atoms with Crippen molar-refractivity contribution < 1.29 is 110 Å². The molecule has 2 aromatic carbocycles. The number of primary amides is 1. The van der Waals surface area contributed by atoms with E-state index in [1.54, 1.807) is 36.9 Å². The lowest BCUT2D eigenvalue weighted by Crippen LogP contribution is -2.60. The molecule has 1 aliphatic heterocycles. The van der Waals surface area contributed by atoms with Gasteiger partial charge in [-0.1, -0.05) is 125 Å². The normalized spacial score (nSPS) is 17.0. The van der Waals surface area contributed by atoms with Crippen LogP contribution in [0.25, 0.3) is 0 Å². The van der Waals surface area contributed by atoms with Crippen LogP contribution in [-0.2, 0) is 79.7 Å². The minimum atomic E-state index is -1.62. The summed E-state index contributed by atoms with van der Waals surface area (Å²) in [6.07, 6.45) is 7.80. The van der Waals surface area contributed by atoms with Gasteiger partial charge in [-0.3, -0.25) is 48.6 Å². The number of carboxylic acid groups (broad SMARTS) is 2. The Bertz CT molecular complexity index is 4060. The highest BCUT2D eigenvalue weighted by molar-refractivity contribution is 7.09. The maximum atomic E-state index is 15.4. The number of aliphatic hydroxyl groups excluding tert-OH is 1. The highest BCUT2D eigenvalue weighted by Gasteiger charge is 2.49. The summed E-state index contributed by atoms with van der Waals surface area (Å²) in [7, 11) is 1.90. The van der Waals surface area contributed by atoms with Crippen LogP contribution in [0.15, 0.2) is 60.5 Å². The molecule has 5 rings (SSSR count). The van der Waals surface area contributed by atoms with Crippen molar-refractivity contribution in [2.24, 2.45) is 46.7 Å². The van der Waals surface area contributed by atoms with E-state index >= 15 is 4.79 Å². The second-order valence-electron chi connectivity index (χ2n) is 35.4. The average molecular weight is 1880 g/mol. The highest BCUT2D eigenvalue weighted by Crippen LogP contribution is 2.52. The molecule has 1 unspecified atom stereocenters. The number of nitrogen functional groups attached to an aromatic ring is 1. The molecule has 1 saturated carbocycles. The number of halogens is 1. The van der Waals surface area contributed by atoms with Gasteiger partial charge >= 0.3 is 36.2 Å². The van der Waals surface area contributed by atoms with Crippen LogP contribution < -0.4 is 64.6 Å². The number of aromatic nitrogens is 1. The number of ether oxygens (including phenoxy) is 7. The van der Waals surface area contributed by atoms with E-state index in [-0.39, 0.29) is 157 Å². The van der Waals surface area contributed by atoms with Crippen LogP contribution in [0.3, 0.4) is 0 Å². The van der Waals surface area contributed by atoms with Gasteiger partial charge in [0.05, 0.1) is 88.7 Å². The monoisotopic (exact) mass is 1880 g/mol. The Morgan fingerprint density at radius 3 is 1.96 bits per heavy atom. The number of carbonyl (C=O) groups is 12. The summed E-state index contributed by atoms with van der Waals surface area (Å²) < 4.78 is 54.2. The van der Waals surface area contributed by atoms with Gasteiger partial charge in [-0.05, 0) is 169 Å². The molecule has 742 valence electrons. The Labute approximate surface area is 780 Å². The highest BCUT2D eigenvalue weighted by atomic mass is 32.1. The minimum absolute atomic E-state index is 0.0191. The van der Waals surface area contributed by atoms with Gasteiger partial charge in [-0.25, -0.2) is 28.6 Å². The molecule has 2 fully saturated rings. The third kappa shape index (κ3) is 42.1. The number of anilines is 2. The van der Waals surface area contributed by atoms with Crippen molar-refractivity contribution in [2.75, 3.05) is 117 Å². The second kappa shape index (κ2) is 61.1. The lowest BCUT2D eigenvalue weighted by Gasteiger charge is -2.40. The van der Waals surface area contributed by atoms with Crippen LogP contribution >= 0.6 is 11.3 Å². The average Bonchev–Trinajstić information content (AvgIpc) is 1.63. The molecule has 37 nitrogen and oxygen atoms in total. The van der Waals surface area contributed by atoms with Crippen LogP contribution in [-0.4, -0.2) is 256 Å². The third-order valence-electron chi connectivity index (χ3n) is 23.7. The molecule has 0 bridgehead atoms. The van der Waals surface area contributed by atoms with Gasteiger partial charge in [0.2, 0.25) is 29.5 Å². The van der Waals surface area contributed by atoms with E-state index in [2.05, 4.69) is 73.6 Å². The molecule has 1 saturated heterocycles. The zero-order chi connectivity index (χ0) is 97.2. The molecule has 39 heteroatoms. The lowest BCUT2D eigenvalue weighted by atomic mass is 9.84. The largest absolute Gasteiger partial charge is 0.481 e. The fraction of sp³-hybridized carbons (Fsp3) is 0.688. The van der Waals surface area contributed by atoms with E-state index in [0.717, 1.165) is 75.7 Å². The molecular weight excluding hydrogens is 1730 g/mol. The van der Waals surface area contributed by atoms with Crippen molar-refractivity contribution in [2.45, 2.75) is 265 Å². The number of nitrogens with two attached hydrogens (primary N) is 2. The number of amides is 11. The first kappa shape index (κ1) is 113. The van der Waals surface area contributed by atoms with E-state index < -0.39 is 138 Å². The lowest BCUT2D eigenvalue weighted by molar-refractivity contribution is -0.147. The second-order valence-corrected chi connectivity index (χ2v) is 36.3. The molecule has 1 aliphatic carbocycles. The summed E-state index contributed by atoms with van der Waals surface area (Å²) in [6.45, 7) is 25.2. The van der Waals surface area contributed by atoms with Crippen LogP contribution in [0, 0.1) is 46.7 Å². The summed E-state index contributed by atoms with van der Waals surface area (Å²) >= 11 is 1.02. The first-order chi connectivity index (χ1) is 63.0. The van der Waals surface area contributed by atoms with E-state index in [0.29, 0.717) is 81.1 Å². The standard InChI is InChI=1S/C93H150FN15O22S/c1-13-17-20-22-43-109(87(118)80(61(9)16-4)107-84(116)74-28-21-23-42-108(74)12)75(59(5)6)54-76(86-105-73(58-132-86)83(115)102-65(55-93(10,11)88(119)120)52-63-31-34-70(95)69(94)53-63)131-92(124)99-40-39-98-90(122)129-56-62-29-32-64(33-30-62)101-81(113)71(27-24-38-97-89(96)121)104-85(117)79(60(7)8)106-82(114)72(35-36-78(111)112)103-77(110)37-44-125-46-48-127-50-51-128-49-47-126-45-41-100-91(123)130-57-68-66(25-18-14-2)67(68)26-19-15-3/h14,29-34,53,58-61,65-68,71-72,74-76,79-80,85,104,117H,2,13,15-28,35-52,54-57,95H2,1,3-12H3,(H,98,122)(H,99,124)(H,100,123)(H,101,113)(H,102,115)(H,103,110)(H,106,114)(H,107,116)(H,111,112)(H,119,120)(H3,96,97,121)/t61-,65-,66+,67-,68+,71-,72-,74+,75+,76+,79-,80-,85?/m0/s1. The third-order valence-corrected chi connectivity index (χ3v) is 24.6. The fourth-order valence-electron chi connectivity index (χ4n) is 15.7. The number of thiazole rings is 1. The number of likely N-dealkylation sites (tertiary alicyclic amines) is 1. The summed E-state index contributed by atoms with van der Waals surface area (Å²) in [4.78, 5) is 169. The number of nitrogens with one attached hydrogen (secondary N) is 10. The smallest absolute Gasteiger partial charge is 0.407 e. The zero-order valence-electron chi connectivity index (χ0n) is 79.1. The Hall–Kier alpha value is -9.90. The topological polar surface area (TPSA) is 522 Å². The SMILES string of the molecule is C=CCC[C@@H]1[C@H](CCCC)[C@@H]1COC(=O)NCCOCCOCCOCCOCCC(=O)N[C@@H](CCC(=O)O)C(=O)N[C@@H](C(C)C)C(O)N[C@@H](CCCNC(N)=O)C(=O)Nc1ccc(COC(=O)NCCNC(=O)O[C@H](C[C@H](C(C)C)N(CCCCCC)C(=O)[C@@H](NC(=O)[C@H]2CCCCN2C)[C@@H](C)CC)c2nc(C(=O)N[C@@H](Cc3ccc(N)c(F)c3)CC(C)(C)C(=O)O)cs2)cc1. The predicted molar refractivity (Wildman–Crippen MR) is 497 cm³/mol. The Kier molecular flexibility index (Phi) is 52.1. The molecule has 17 N–H and O–H groups in total. The number of allylic oxidation sites excluding steroid dienone is 1. The van der Waals surface area contributed by atoms with E-state index in [9.17, 15) is 72.4 Å². The minimum Gasteiger partial charge on any atom is -0.481 e. The number of aliphatic hydroxyl groups is 1. The molecule has 0 spiro atoms. The number of alkyl carbamates (subject to hydrolysis) is 3. The summed E-state index contributed by atoms with van der Waals surface area (Å²) in [5, 5.41) is 60.6. The Morgan fingerprint density at radius 1 is 0.697 bits per heavy atom.